The third-order valence-corrected chi connectivity index (χ3v) is 4.39. The van der Waals surface area contributed by atoms with E-state index in [0.717, 1.165) is 6.04 Å². The number of nitrogens with zero attached hydrogens (tertiary/aromatic N) is 1. The van der Waals surface area contributed by atoms with E-state index >= 15 is 0 Å². The first-order valence-corrected chi connectivity index (χ1v) is 6.39. The summed E-state index contributed by atoms with van der Waals surface area (Å²) in [4.78, 5) is 6.27. The number of hydrogen-bond donors (Lipinski definition) is 1. The number of aryl methyl sites for hydroxylation is 2. The predicted molar refractivity (Wildman–Crippen MR) is 58.7 cm³/mol. The van der Waals surface area contributed by atoms with E-state index in [1.54, 1.807) is 4.88 Å². The van der Waals surface area contributed by atoms with E-state index in [4.69, 9.17) is 4.98 Å². The highest BCUT2D eigenvalue weighted by Crippen LogP contribution is 2.32. The maximum Gasteiger partial charge on any atom is 0.110 e. The molecule has 0 radical (unpaired) electrons. The van der Waals surface area contributed by atoms with E-state index in [1.165, 1.54) is 42.8 Å². The van der Waals surface area contributed by atoms with Crippen LogP contribution in [0.1, 0.15) is 47.8 Å². The molecule has 0 aliphatic heterocycles. The number of nitrogens with one attached hydrogen (secondary N) is 1. The second kappa shape index (κ2) is 3.31. The lowest BCUT2D eigenvalue weighted by atomic mass is 10.3. The van der Waals surface area contributed by atoms with Gasteiger partial charge in [0.05, 0.1) is 11.7 Å². The SMILES string of the molecule is CC(NC1CC1)c1nc2c(s1)CCC2. The van der Waals surface area contributed by atoms with Crippen LogP contribution in [0.5, 0.6) is 0 Å². The summed E-state index contributed by atoms with van der Waals surface area (Å²) in [5, 5.41) is 4.91. The molecule has 14 heavy (non-hydrogen) atoms. The zero-order valence-electron chi connectivity index (χ0n) is 8.55. The van der Waals surface area contributed by atoms with Crippen LogP contribution in [0, 0.1) is 0 Å². The van der Waals surface area contributed by atoms with Crippen LogP contribution in [0.4, 0.5) is 0 Å². The average molecular weight is 208 g/mol. The highest BCUT2D eigenvalue weighted by atomic mass is 32.1. The summed E-state index contributed by atoms with van der Waals surface area (Å²) in [5.41, 5.74) is 1.38. The summed E-state index contributed by atoms with van der Waals surface area (Å²) in [6.07, 6.45) is 6.51. The molecule has 2 aliphatic rings. The molecule has 1 aromatic heterocycles. The first-order valence-electron chi connectivity index (χ1n) is 5.57. The molecule has 1 aromatic rings. The molecule has 1 N–H and O–H groups in total. The van der Waals surface area contributed by atoms with Crippen LogP contribution in [0.25, 0.3) is 0 Å². The Bertz CT molecular complexity index is 320. The molecule has 0 amide bonds. The summed E-state index contributed by atoms with van der Waals surface area (Å²) in [6.45, 7) is 2.24. The Morgan fingerprint density at radius 1 is 1.43 bits per heavy atom. The van der Waals surface area contributed by atoms with E-state index in [9.17, 15) is 0 Å². The molecular formula is C11H16N2S. The Morgan fingerprint density at radius 2 is 2.29 bits per heavy atom. The zero-order valence-corrected chi connectivity index (χ0v) is 9.36. The Morgan fingerprint density at radius 3 is 3.00 bits per heavy atom. The van der Waals surface area contributed by atoms with Gasteiger partial charge in [0.2, 0.25) is 0 Å². The van der Waals surface area contributed by atoms with Gasteiger partial charge in [-0.25, -0.2) is 4.98 Å². The molecule has 3 rings (SSSR count). The standard InChI is InChI=1S/C11H16N2S/c1-7(12-8-5-6-8)11-13-9-3-2-4-10(9)14-11/h7-8,12H,2-6H2,1H3. The number of rotatable bonds is 3. The Labute approximate surface area is 88.7 Å². The topological polar surface area (TPSA) is 24.9 Å². The summed E-state index contributed by atoms with van der Waals surface area (Å²) in [5.74, 6) is 0. The third kappa shape index (κ3) is 1.59. The Hall–Kier alpha value is -0.410. The van der Waals surface area contributed by atoms with Crippen molar-refractivity contribution in [1.29, 1.82) is 0 Å². The lowest BCUT2D eigenvalue weighted by Gasteiger charge is -2.09. The van der Waals surface area contributed by atoms with Crippen LogP contribution >= 0.6 is 11.3 Å². The fourth-order valence-electron chi connectivity index (χ4n) is 2.07. The first-order chi connectivity index (χ1) is 6.83. The van der Waals surface area contributed by atoms with Crippen LogP contribution in [0.15, 0.2) is 0 Å². The van der Waals surface area contributed by atoms with Gasteiger partial charge in [-0.2, -0.15) is 0 Å². The molecule has 1 saturated carbocycles. The zero-order chi connectivity index (χ0) is 9.54. The molecule has 1 atom stereocenters. The van der Waals surface area contributed by atoms with Gasteiger partial charge in [0.1, 0.15) is 5.01 Å². The average Bonchev–Trinajstić information content (AvgIpc) is 2.73. The largest absolute Gasteiger partial charge is 0.305 e. The van der Waals surface area contributed by atoms with Crippen LogP contribution in [0.3, 0.4) is 0 Å². The van der Waals surface area contributed by atoms with Gasteiger partial charge in [0.15, 0.2) is 0 Å². The monoisotopic (exact) mass is 208 g/mol. The van der Waals surface area contributed by atoms with Crippen molar-refractivity contribution in [2.45, 2.75) is 51.1 Å². The minimum atomic E-state index is 0.470. The molecule has 76 valence electrons. The minimum absolute atomic E-state index is 0.470. The first kappa shape index (κ1) is 8.86. The van der Waals surface area contributed by atoms with Gasteiger partial charge in [-0.3, -0.25) is 0 Å². The molecule has 3 heteroatoms. The van der Waals surface area contributed by atoms with Gasteiger partial charge >= 0.3 is 0 Å². The van der Waals surface area contributed by atoms with Gasteiger partial charge in [-0.1, -0.05) is 0 Å². The summed E-state index contributed by atoms with van der Waals surface area (Å²) in [7, 11) is 0. The van der Waals surface area contributed by atoms with Crippen molar-refractivity contribution in [2.75, 3.05) is 0 Å². The van der Waals surface area contributed by atoms with Crippen molar-refractivity contribution in [3.63, 3.8) is 0 Å². The lowest BCUT2D eigenvalue weighted by Crippen LogP contribution is -2.20. The Balaban J connectivity index is 1.75. The van der Waals surface area contributed by atoms with Crippen LogP contribution in [-0.2, 0) is 12.8 Å². The Kier molecular flexibility index (Phi) is 2.10. The molecule has 0 spiro atoms. The normalized spacial score (nSPS) is 22.4. The maximum atomic E-state index is 4.73. The lowest BCUT2D eigenvalue weighted by molar-refractivity contribution is 0.567. The highest BCUT2D eigenvalue weighted by Gasteiger charge is 2.26. The van der Waals surface area contributed by atoms with E-state index in [-0.39, 0.29) is 0 Å². The van der Waals surface area contributed by atoms with Gasteiger partial charge in [0, 0.05) is 10.9 Å². The van der Waals surface area contributed by atoms with Crippen molar-refractivity contribution in [2.24, 2.45) is 0 Å². The van der Waals surface area contributed by atoms with Crippen molar-refractivity contribution in [1.82, 2.24) is 10.3 Å². The highest BCUT2D eigenvalue weighted by molar-refractivity contribution is 7.11. The van der Waals surface area contributed by atoms with Crippen LogP contribution in [0.2, 0.25) is 0 Å². The molecule has 2 aliphatic carbocycles. The van der Waals surface area contributed by atoms with Crippen LogP contribution in [-0.4, -0.2) is 11.0 Å². The van der Waals surface area contributed by atoms with Gasteiger partial charge in [0.25, 0.3) is 0 Å². The number of fused-ring (bicyclic) bond motifs is 1. The summed E-state index contributed by atoms with van der Waals surface area (Å²) in [6, 6.07) is 1.25. The molecule has 1 fully saturated rings. The van der Waals surface area contributed by atoms with Crippen LogP contribution < -0.4 is 5.32 Å². The van der Waals surface area contributed by atoms with Crippen molar-refractivity contribution >= 4 is 11.3 Å². The molecule has 0 saturated heterocycles. The van der Waals surface area contributed by atoms with Crippen molar-refractivity contribution in [3.8, 4) is 0 Å². The third-order valence-electron chi connectivity index (χ3n) is 3.05. The van der Waals surface area contributed by atoms with E-state index in [2.05, 4.69) is 12.2 Å². The number of aromatic nitrogens is 1. The molecule has 1 heterocycles. The van der Waals surface area contributed by atoms with E-state index < -0.39 is 0 Å². The molecule has 0 aromatic carbocycles. The molecule has 2 nitrogen and oxygen atoms in total. The molecule has 1 unspecified atom stereocenters. The smallest absolute Gasteiger partial charge is 0.110 e. The number of thiazole rings is 1. The molecular weight excluding hydrogens is 192 g/mol. The summed E-state index contributed by atoms with van der Waals surface area (Å²) < 4.78 is 0. The van der Waals surface area contributed by atoms with Crippen molar-refractivity contribution in [3.05, 3.63) is 15.6 Å². The maximum absolute atomic E-state index is 4.73. The van der Waals surface area contributed by atoms with E-state index in [1.807, 2.05) is 11.3 Å². The second-order valence-corrected chi connectivity index (χ2v) is 5.55. The van der Waals surface area contributed by atoms with Gasteiger partial charge in [-0.05, 0) is 39.0 Å². The minimum Gasteiger partial charge on any atom is -0.305 e. The fourth-order valence-corrected chi connectivity index (χ4v) is 3.24. The number of hydrogen-bond acceptors (Lipinski definition) is 3. The predicted octanol–water partition coefficient (Wildman–Crippen LogP) is 2.44. The van der Waals surface area contributed by atoms with Gasteiger partial charge in [-0.15, -0.1) is 11.3 Å². The molecule has 0 bridgehead atoms. The quantitative estimate of drug-likeness (QED) is 0.825. The van der Waals surface area contributed by atoms with Crippen molar-refractivity contribution < 1.29 is 0 Å². The fraction of sp³-hybridized carbons (Fsp3) is 0.727. The second-order valence-electron chi connectivity index (χ2n) is 4.44. The van der Waals surface area contributed by atoms with E-state index in [0.29, 0.717) is 6.04 Å². The van der Waals surface area contributed by atoms with Gasteiger partial charge < -0.3 is 5.32 Å². The summed E-state index contributed by atoms with van der Waals surface area (Å²) >= 11 is 1.93.